The zero-order valence-electron chi connectivity index (χ0n) is 12.3. The summed E-state index contributed by atoms with van der Waals surface area (Å²) >= 11 is 0. The number of nitrogens with one attached hydrogen (secondary N) is 1. The van der Waals surface area contributed by atoms with Crippen molar-refractivity contribution in [3.05, 3.63) is 30.7 Å². The molecule has 0 bridgehead atoms. The van der Waals surface area contributed by atoms with Crippen LogP contribution in [0.4, 0.5) is 13.2 Å². The molecular weight excluding hydrogens is 351 g/mol. The van der Waals surface area contributed by atoms with Gasteiger partial charge in [0.1, 0.15) is 0 Å². The van der Waals surface area contributed by atoms with E-state index in [0.717, 1.165) is 38.6 Å². The number of fused-ring (bicyclic) bond motifs is 1. The second-order valence-corrected chi connectivity index (χ2v) is 6.09. The zero-order valence-corrected chi connectivity index (χ0v) is 13.1. The predicted octanol–water partition coefficient (Wildman–Crippen LogP) is 1.46. The summed E-state index contributed by atoms with van der Waals surface area (Å²) in [5, 5.41) is 3.29. The molecule has 0 saturated carbocycles. The first-order valence-electron chi connectivity index (χ1n) is 6.79. The fourth-order valence-electron chi connectivity index (χ4n) is 1.73. The summed E-state index contributed by atoms with van der Waals surface area (Å²) in [6.07, 6.45) is 3.70. The Morgan fingerprint density at radius 1 is 1.17 bits per heavy atom. The van der Waals surface area contributed by atoms with E-state index in [9.17, 15) is 21.6 Å². The van der Waals surface area contributed by atoms with E-state index >= 15 is 0 Å². The first kappa shape index (κ1) is 18.4. The molecule has 2 aromatic rings. The van der Waals surface area contributed by atoms with Crippen LogP contribution in [0.25, 0.3) is 10.9 Å². The highest BCUT2D eigenvalue weighted by Crippen LogP contribution is 2.30. The van der Waals surface area contributed by atoms with E-state index in [1.807, 2.05) is 0 Å². The Kier molecular flexibility index (Phi) is 5.91. The van der Waals surface area contributed by atoms with E-state index in [4.69, 9.17) is 4.74 Å². The molecule has 11 heteroatoms. The molecule has 0 radical (unpaired) electrons. The molecule has 2 aromatic heterocycles. The second kappa shape index (κ2) is 7.73. The summed E-state index contributed by atoms with van der Waals surface area (Å²) in [6.45, 7) is 3.83. The number of ether oxygens (including phenoxy) is 1. The van der Waals surface area contributed by atoms with Crippen molar-refractivity contribution in [2.45, 2.75) is 5.51 Å². The number of morpholine rings is 1. The predicted molar refractivity (Wildman–Crippen MR) is 78.8 cm³/mol. The number of pyridine rings is 2. The van der Waals surface area contributed by atoms with E-state index in [-0.39, 0.29) is 10.9 Å². The fraction of sp³-hybridized carbons (Fsp3) is 0.385. The molecule has 3 heterocycles. The third-order valence-electron chi connectivity index (χ3n) is 2.83. The molecule has 1 saturated heterocycles. The molecule has 1 fully saturated rings. The summed E-state index contributed by atoms with van der Waals surface area (Å²) in [6, 6.07) is 2.34. The van der Waals surface area contributed by atoms with Gasteiger partial charge in [0.15, 0.2) is 5.75 Å². The third kappa shape index (κ3) is 4.76. The molecule has 1 aliphatic heterocycles. The molecule has 0 unspecified atom stereocenters. The van der Waals surface area contributed by atoms with Gasteiger partial charge in [0.05, 0.1) is 24.9 Å². The highest BCUT2D eigenvalue weighted by molar-refractivity contribution is 7.88. The minimum Gasteiger partial charge on any atom is -0.379 e. The van der Waals surface area contributed by atoms with Crippen LogP contribution in [0.5, 0.6) is 5.75 Å². The van der Waals surface area contributed by atoms with Crippen molar-refractivity contribution < 1.29 is 30.5 Å². The van der Waals surface area contributed by atoms with E-state index in [1.54, 1.807) is 0 Å². The summed E-state index contributed by atoms with van der Waals surface area (Å²) < 4.78 is 67.4. The van der Waals surface area contributed by atoms with Crippen LogP contribution in [0, 0.1) is 0 Å². The molecule has 0 aromatic carbocycles. The van der Waals surface area contributed by atoms with Gasteiger partial charge in [-0.2, -0.15) is 21.6 Å². The van der Waals surface area contributed by atoms with E-state index in [0.29, 0.717) is 0 Å². The van der Waals surface area contributed by atoms with Crippen LogP contribution < -0.4 is 9.50 Å². The van der Waals surface area contributed by atoms with Gasteiger partial charge in [0, 0.05) is 36.9 Å². The van der Waals surface area contributed by atoms with Crippen molar-refractivity contribution in [3.63, 3.8) is 0 Å². The standard InChI is InChI=1S/C9H5F3N2O3S.C4H9NO/c10-9(11,12)18(15,16)17-8-2-4-14-7-5-13-3-1-6(7)8;1-3-6-4-2-5-1/h1-5H;5H,1-4H2. The van der Waals surface area contributed by atoms with Gasteiger partial charge in [-0.25, -0.2) is 0 Å². The van der Waals surface area contributed by atoms with Crippen LogP contribution in [-0.2, 0) is 14.9 Å². The van der Waals surface area contributed by atoms with Crippen LogP contribution >= 0.6 is 0 Å². The third-order valence-corrected chi connectivity index (χ3v) is 3.80. The van der Waals surface area contributed by atoms with Gasteiger partial charge in [-0.3, -0.25) is 9.97 Å². The normalized spacial score (nSPS) is 15.5. The van der Waals surface area contributed by atoms with Crippen LogP contribution in [0.15, 0.2) is 30.7 Å². The van der Waals surface area contributed by atoms with Gasteiger partial charge in [-0.05, 0) is 6.07 Å². The van der Waals surface area contributed by atoms with E-state index < -0.39 is 21.4 Å². The van der Waals surface area contributed by atoms with Crippen LogP contribution in [-0.4, -0.2) is 50.2 Å². The molecule has 24 heavy (non-hydrogen) atoms. The molecular formula is C13H14F3N3O4S. The highest BCUT2D eigenvalue weighted by atomic mass is 32.2. The maximum Gasteiger partial charge on any atom is 0.534 e. The van der Waals surface area contributed by atoms with Crippen molar-refractivity contribution in [1.82, 2.24) is 15.3 Å². The number of halogens is 3. The molecule has 1 N–H and O–H groups in total. The Balaban J connectivity index is 0.000000292. The van der Waals surface area contributed by atoms with Crippen molar-refractivity contribution in [2.24, 2.45) is 0 Å². The first-order chi connectivity index (χ1) is 11.3. The zero-order chi connectivity index (χ0) is 17.6. The lowest BCUT2D eigenvalue weighted by atomic mass is 10.2. The minimum atomic E-state index is -5.69. The van der Waals surface area contributed by atoms with Crippen LogP contribution in [0.3, 0.4) is 0 Å². The second-order valence-electron chi connectivity index (χ2n) is 4.55. The SMILES string of the molecule is C1COCCN1.O=S(=O)(Oc1ccnc2cnccc12)C(F)(F)F. The number of rotatable bonds is 2. The summed E-state index contributed by atoms with van der Waals surface area (Å²) in [7, 11) is -5.69. The monoisotopic (exact) mass is 365 g/mol. The quantitative estimate of drug-likeness (QED) is 0.636. The molecule has 1 aliphatic rings. The van der Waals surface area contributed by atoms with Gasteiger partial charge < -0.3 is 14.2 Å². The number of hydrogen-bond acceptors (Lipinski definition) is 7. The summed E-state index contributed by atoms with van der Waals surface area (Å²) in [5.74, 6) is -0.445. The molecule has 0 spiro atoms. The lowest BCUT2D eigenvalue weighted by molar-refractivity contribution is -0.0499. The number of nitrogens with zero attached hydrogens (tertiary/aromatic N) is 2. The van der Waals surface area contributed by atoms with Crippen LogP contribution in [0.2, 0.25) is 0 Å². The maximum absolute atomic E-state index is 12.2. The molecule has 3 rings (SSSR count). The smallest absolute Gasteiger partial charge is 0.379 e. The molecule has 7 nitrogen and oxygen atoms in total. The Hall–Kier alpha value is -1.98. The topological polar surface area (TPSA) is 90.4 Å². The van der Waals surface area contributed by atoms with Crippen molar-refractivity contribution in [3.8, 4) is 5.75 Å². The lowest BCUT2D eigenvalue weighted by Gasteiger charge is -2.10. The Labute approximate surface area is 135 Å². The Morgan fingerprint density at radius 3 is 2.42 bits per heavy atom. The first-order valence-corrected chi connectivity index (χ1v) is 8.20. The molecule has 0 aliphatic carbocycles. The van der Waals surface area contributed by atoms with E-state index in [1.165, 1.54) is 18.5 Å². The Bertz CT molecular complexity index is 763. The molecule has 0 atom stereocenters. The average molecular weight is 365 g/mol. The minimum absolute atomic E-state index is 0.125. The summed E-state index contributed by atoms with van der Waals surface area (Å²) in [4.78, 5) is 7.52. The molecule has 132 valence electrons. The highest BCUT2D eigenvalue weighted by Gasteiger charge is 2.48. The number of hydrogen-bond donors (Lipinski definition) is 1. The van der Waals surface area contributed by atoms with Crippen molar-refractivity contribution in [1.29, 1.82) is 0 Å². The molecule has 0 amide bonds. The van der Waals surface area contributed by atoms with E-state index in [2.05, 4.69) is 19.5 Å². The van der Waals surface area contributed by atoms with Crippen LogP contribution in [0.1, 0.15) is 0 Å². The van der Waals surface area contributed by atoms with Gasteiger partial charge in [-0.1, -0.05) is 0 Å². The lowest BCUT2D eigenvalue weighted by Crippen LogP contribution is -2.30. The Morgan fingerprint density at radius 2 is 1.88 bits per heavy atom. The maximum atomic E-state index is 12.2. The van der Waals surface area contributed by atoms with Gasteiger partial charge in [-0.15, -0.1) is 0 Å². The van der Waals surface area contributed by atoms with Gasteiger partial charge in [0.25, 0.3) is 0 Å². The van der Waals surface area contributed by atoms with Crippen molar-refractivity contribution in [2.75, 3.05) is 26.3 Å². The van der Waals surface area contributed by atoms with Crippen molar-refractivity contribution >= 4 is 21.0 Å². The largest absolute Gasteiger partial charge is 0.534 e. The number of aromatic nitrogens is 2. The number of alkyl halides is 3. The van der Waals surface area contributed by atoms with Gasteiger partial charge >= 0.3 is 15.6 Å². The van der Waals surface area contributed by atoms with Gasteiger partial charge in [0.2, 0.25) is 0 Å². The summed E-state index contributed by atoms with van der Waals surface area (Å²) in [5.41, 5.74) is -5.25. The average Bonchev–Trinajstić information content (AvgIpc) is 2.56. The fourth-order valence-corrected chi connectivity index (χ4v) is 2.20.